The van der Waals surface area contributed by atoms with Crippen LogP contribution in [0.25, 0.3) is 0 Å². The summed E-state index contributed by atoms with van der Waals surface area (Å²) in [6.45, 7) is 2.70. The molecule has 0 spiro atoms. The number of aromatic amines is 1. The summed E-state index contributed by atoms with van der Waals surface area (Å²) in [5, 5.41) is 8.58. The van der Waals surface area contributed by atoms with Gasteiger partial charge < -0.3 is 9.72 Å². The van der Waals surface area contributed by atoms with Gasteiger partial charge in [-0.15, -0.1) is 5.10 Å². The highest BCUT2D eigenvalue weighted by molar-refractivity contribution is 5.04. The number of likely N-dealkylation sites (tertiary alicyclic amines) is 1. The van der Waals surface area contributed by atoms with Crippen LogP contribution in [0.2, 0.25) is 0 Å². The van der Waals surface area contributed by atoms with E-state index in [0.717, 1.165) is 43.5 Å². The van der Waals surface area contributed by atoms with Crippen LogP contribution in [-0.2, 0) is 17.8 Å². The predicted molar refractivity (Wildman–Crippen MR) is 79.9 cm³/mol. The lowest BCUT2D eigenvalue weighted by Crippen LogP contribution is -2.25. The third-order valence-electron chi connectivity index (χ3n) is 4.63. The van der Waals surface area contributed by atoms with Crippen LogP contribution in [0.15, 0.2) is 18.6 Å². The Morgan fingerprint density at radius 1 is 1.41 bits per heavy atom. The van der Waals surface area contributed by atoms with E-state index < -0.39 is 0 Å². The topological polar surface area (TPSA) is 71.9 Å². The summed E-state index contributed by atoms with van der Waals surface area (Å²) >= 11 is 0. The average molecular weight is 302 g/mol. The van der Waals surface area contributed by atoms with Crippen molar-refractivity contribution in [3.8, 4) is 0 Å². The number of H-pyrrole nitrogens is 1. The second-order valence-corrected chi connectivity index (χ2v) is 6.39. The molecule has 7 nitrogen and oxygen atoms in total. The van der Waals surface area contributed by atoms with E-state index in [9.17, 15) is 0 Å². The maximum Gasteiger partial charge on any atom is 0.123 e. The van der Waals surface area contributed by atoms with E-state index in [1.54, 1.807) is 13.3 Å². The number of aromatic nitrogens is 5. The summed E-state index contributed by atoms with van der Waals surface area (Å²) in [6.07, 6.45) is 9.63. The lowest BCUT2D eigenvalue weighted by molar-refractivity contribution is 0.107. The highest BCUT2D eigenvalue weighted by Gasteiger charge is 2.35. The van der Waals surface area contributed by atoms with E-state index >= 15 is 0 Å². The minimum atomic E-state index is 0.247. The molecule has 1 aliphatic carbocycles. The fourth-order valence-corrected chi connectivity index (χ4v) is 3.22. The summed E-state index contributed by atoms with van der Waals surface area (Å²) in [5.74, 6) is 1.82. The summed E-state index contributed by atoms with van der Waals surface area (Å²) in [7, 11) is 1.78. The van der Waals surface area contributed by atoms with Gasteiger partial charge in [0.05, 0.1) is 17.8 Å². The second-order valence-electron chi connectivity index (χ2n) is 6.39. The molecule has 0 radical (unpaired) electrons. The first-order valence-corrected chi connectivity index (χ1v) is 7.97. The largest absolute Gasteiger partial charge is 0.380 e. The van der Waals surface area contributed by atoms with Crippen molar-refractivity contribution in [2.45, 2.75) is 44.5 Å². The van der Waals surface area contributed by atoms with E-state index in [2.05, 4.69) is 31.4 Å². The van der Waals surface area contributed by atoms with E-state index in [-0.39, 0.29) is 12.1 Å². The first-order chi connectivity index (χ1) is 10.8. The first kappa shape index (κ1) is 13.9. The molecule has 1 saturated heterocycles. The summed E-state index contributed by atoms with van der Waals surface area (Å²) in [4.78, 5) is 10.0. The molecular weight excluding hydrogens is 280 g/mol. The zero-order valence-corrected chi connectivity index (χ0v) is 12.9. The van der Waals surface area contributed by atoms with Gasteiger partial charge in [0.15, 0.2) is 0 Å². The molecule has 118 valence electrons. The Hall–Kier alpha value is -1.73. The fourth-order valence-electron chi connectivity index (χ4n) is 3.22. The summed E-state index contributed by atoms with van der Waals surface area (Å²) in [6, 6.07) is 0.258. The van der Waals surface area contributed by atoms with Crippen molar-refractivity contribution in [3.05, 3.63) is 30.1 Å². The molecule has 2 fully saturated rings. The molecule has 2 aromatic rings. The fraction of sp³-hybridized carbons (Fsp3) is 0.667. The zero-order valence-electron chi connectivity index (χ0n) is 12.9. The van der Waals surface area contributed by atoms with Crippen molar-refractivity contribution in [1.82, 2.24) is 29.9 Å². The van der Waals surface area contributed by atoms with Gasteiger partial charge in [-0.1, -0.05) is 5.21 Å². The smallest absolute Gasteiger partial charge is 0.123 e. The van der Waals surface area contributed by atoms with Gasteiger partial charge >= 0.3 is 0 Å². The Balaban J connectivity index is 1.46. The quantitative estimate of drug-likeness (QED) is 0.872. The Kier molecular flexibility index (Phi) is 3.67. The predicted octanol–water partition coefficient (Wildman–Crippen LogP) is 1.37. The Morgan fingerprint density at radius 2 is 2.32 bits per heavy atom. The third kappa shape index (κ3) is 2.91. The molecule has 2 atom stereocenters. The highest BCUT2D eigenvalue weighted by Crippen LogP contribution is 2.33. The Labute approximate surface area is 129 Å². The SMILES string of the molecule is CO[C@@H]1CC(c2ncc[nH]2)N(Cc2cn(CC3CC3)nn2)C1. The van der Waals surface area contributed by atoms with E-state index in [1.165, 1.54) is 12.8 Å². The van der Waals surface area contributed by atoms with Crippen LogP contribution in [0.5, 0.6) is 0 Å². The van der Waals surface area contributed by atoms with Crippen molar-refractivity contribution in [2.75, 3.05) is 13.7 Å². The van der Waals surface area contributed by atoms with Crippen LogP contribution >= 0.6 is 0 Å². The van der Waals surface area contributed by atoms with E-state index in [0.29, 0.717) is 0 Å². The van der Waals surface area contributed by atoms with Crippen LogP contribution < -0.4 is 0 Å². The molecule has 1 aliphatic heterocycles. The Morgan fingerprint density at radius 3 is 3.05 bits per heavy atom. The van der Waals surface area contributed by atoms with E-state index in [1.807, 2.05) is 10.9 Å². The van der Waals surface area contributed by atoms with Crippen LogP contribution in [0.3, 0.4) is 0 Å². The maximum atomic E-state index is 5.55. The number of hydrogen-bond donors (Lipinski definition) is 1. The minimum absolute atomic E-state index is 0.247. The normalized spacial score (nSPS) is 25.9. The second kappa shape index (κ2) is 5.81. The molecule has 22 heavy (non-hydrogen) atoms. The van der Waals surface area contributed by atoms with E-state index in [4.69, 9.17) is 4.74 Å². The van der Waals surface area contributed by atoms with Gasteiger partial charge in [-0.2, -0.15) is 0 Å². The molecule has 3 heterocycles. The minimum Gasteiger partial charge on any atom is -0.380 e. The lowest BCUT2D eigenvalue weighted by Gasteiger charge is -2.21. The number of imidazole rings is 1. The van der Waals surface area contributed by atoms with Gasteiger partial charge in [-0.3, -0.25) is 9.58 Å². The van der Waals surface area contributed by atoms with Crippen molar-refractivity contribution >= 4 is 0 Å². The molecule has 1 unspecified atom stereocenters. The molecule has 1 saturated carbocycles. The molecule has 1 N–H and O–H groups in total. The van der Waals surface area contributed by atoms with Gasteiger partial charge in [0.1, 0.15) is 5.82 Å². The van der Waals surface area contributed by atoms with Gasteiger partial charge in [0.2, 0.25) is 0 Å². The van der Waals surface area contributed by atoms with Gasteiger partial charge in [0.25, 0.3) is 0 Å². The average Bonchev–Trinajstić information content (AvgIpc) is 2.97. The van der Waals surface area contributed by atoms with Crippen LogP contribution in [0.4, 0.5) is 0 Å². The molecule has 2 aliphatic rings. The zero-order chi connectivity index (χ0) is 14.9. The third-order valence-corrected chi connectivity index (χ3v) is 4.63. The number of hydrogen-bond acceptors (Lipinski definition) is 5. The Bertz CT molecular complexity index is 605. The van der Waals surface area contributed by atoms with Gasteiger partial charge in [-0.25, -0.2) is 4.98 Å². The molecular formula is C15H22N6O. The molecule has 0 amide bonds. The van der Waals surface area contributed by atoms with Crippen molar-refractivity contribution in [1.29, 1.82) is 0 Å². The van der Waals surface area contributed by atoms with Gasteiger partial charge in [-0.05, 0) is 25.2 Å². The number of nitrogens with zero attached hydrogens (tertiary/aromatic N) is 5. The first-order valence-electron chi connectivity index (χ1n) is 7.97. The number of ether oxygens (including phenoxy) is 1. The van der Waals surface area contributed by atoms with Crippen molar-refractivity contribution < 1.29 is 4.74 Å². The maximum absolute atomic E-state index is 5.55. The van der Waals surface area contributed by atoms with Crippen LogP contribution in [0.1, 0.15) is 36.8 Å². The standard InChI is InChI=1S/C15H22N6O/c1-22-13-6-14(15-16-4-5-17-15)20(10-13)8-12-9-21(19-18-12)7-11-2-3-11/h4-5,9,11,13-14H,2-3,6-8,10H2,1H3,(H,16,17)/t13-,14?/m1/s1. The highest BCUT2D eigenvalue weighted by atomic mass is 16.5. The number of nitrogens with one attached hydrogen (secondary N) is 1. The monoisotopic (exact) mass is 302 g/mol. The number of methoxy groups -OCH3 is 1. The van der Waals surface area contributed by atoms with Crippen LogP contribution in [-0.4, -0.2) is 49.6 Å². The molecule has 0 aromatic carbocycles. The van der Waals surface area contributed by atoms with Crippen molar-refractivity contribution in [2.24, 2.45) is 5.92 Å². The number of rotatable bonds is 6. The lowest BCUT2D eigenvalue weighted by atomic mass is 10.2. The molecule has 2 aromatic heterocycles. The molecule has 4 rings (SSSR count). The molecule has 0 bridgehead atoms. The summed E-state index contributed by atoms with van der Waals surface area (Å²) in [5.41, 5.74) is 1.02. The van der Waals surface area contributed by atoms with Crippen LogP contribution in [0, 0.1) is 5.92 Å². The summed E-state index contributed by atoms with van der Waals surface area (Å²) < 4.78 is 7.53. The van der Waals surface area contributed by atoms with Gasteiger partial charge in [0, 0.05) is 45.3 Å². The molecule has 7 heteroatoms. The van der Waals surface area contributed by atoms with Crippen molar-refractivity contribution in [3.63, 3.8) is 0 Å².